The maximum absolute atomic E-state index is 11.4. The topological polar surface area (TPSA) is 83.5 Å². The molecule has 0 spiro atoms. The predicted octanol–water partition coefficient (Wildman–Crippen LogP) is 1.40. The molecule has 2 N–H and O–H groups in total. The molecule has 17 heavy (non-hydrogen) atoms. The third-order valence-electron chi connectivity index (χ3n) is 2.04. The second kappa shape index (κ2) is 5.48. The van der Waals surface area contributed by atoms with Gasteiger partial charge in [0.1, 0.15) is 0 Å². The second-order valence-electron chi connectivity index (χ2n) is 3.54. The van der Waals surface area contributed by atoms with Crippen LogP contribution in [0.2, 0.25) is 5.02 Å². The van der Waals surface area contributed by atoms with Crippen molar-refractivity contribution in [1.82, 2.24) is 4.72 Å². The summed E-state index contributed by atoms with van der Waals surface area (Å²) in [4.78, 5) is 10.3. The van der Waals surface area contributed by atoms with E-state index in [1.54, 1.807) is 31.2 Å². The molecule has 7 heteroatoms. The van der Waals surface area contributed by atoms with Crippen molar-refractivity contribution in [2.45, 2.75) is 13.0 Å². The fourth-order valence-electron chi connectivity index (χ4n) is 1.29. The number of carboxylic acids is 1. The van der Waals surface area contributed by atoms with E-state index in [0.717, 1.165) is 0 Å². The molecule has 1 aromatic carbocycles. The summed E-state index contributed by atoms with van der Waals surface area (Å²) < 4.78 is 25.0. The molecule has 0 amide bonds. The lowest BCUT2D eigenvalue weighted by Crippen LogP contribution is -2.32. The summed E-state index contributed by atoms with van der Waals surface area (Å²) in [5.74, 6) is -2.33. The first kappa shape index (κ1) is 14.0. The second-order valence-corrected chi connectivity index (χ2v) is 5.73. The van der Waals surface area contributed by atoms with Crippen LogP contribution in [0.5, 0.6) is 0 Å². The van der Waals surface area contributed by atoms with Gasteiger partial charge in [0.15, 0.2) is 5.75 Å². The molecule has 0 saturated carbocycles. The highest BCUT2D eigenvalue weighted by Gasteiger charge is 2.19. The predicted molar refractivity (Wildman–Crippen MR) is 64.4 cm³/mol. The minimum Gasteiger partial charge on any atom is -0.480 e. The number of benzene rings is 1. The number of nitrogens with one attached hydrogen (secondary N) is 1. The van der Waals surface area contributed by atoms with Gasteiger partial charge in [-0.15, -0.1) is 0 Å². The Morgan fingerprint density at radius 1 is 1.41 bits per heavy atom. The van der Waals surface area contributed by atoms with E-state index in [1.165, 1.54) is 0 Å². The number of carboxylic acid groups (broad SMARTS) is 1. The molecule has 1 atom stereocenters. The van der Waals surface area contributed by atoms with Gasteiger partial charge >= 0.3 is 5.97 Å². The molecule has 5 nitrogen and oxygen atoms in total. The van der Waals surface area contributed by atoms with Gasteiger partial charge < -0.3 is 5.11 Å². The van der Waals surface area contributed by atoms with Crippen molar-refractivity contribution >= 4 is 27.6 Å². The molecule has 1 rings (SSSR count). The molecule has 0 aliphatic rings. The lowest BCUT2D eigenvalue weighted by atomic mass is 10.1. The molecule has 0 radical (unpaired) electrons. The molecule has 0 unspecified atom stereocenters. The van der Waals surface area contributed by atoms with Crippen LogP contribution in [0.3, 0.4) is 0 Å². The first-order valence-electron chi connectivity index (χ1n) is 4.77. The smallest absolute Gasteiger partial charge is 0.320 e. The van der Waals surface area contributed by atoms with Gasteiger partial charge in [0.2, 0.25) is 10.0 Å². The zero-order chi connectivity index (χ0) is 13.1. The summed E-state index contributed by atoms with van der Waals surface area (Å²) >= 11 is 5.70. The highest BCUT2D eigenvalue weighted by atomic mass is 35.5. The van der Waals surface area contributed by atoms with Gasteiger partial charge in [0, 0.05) is 11.1 Å². The SMILES string of the molecule is C[C@@H](NS(=O)(=O)CC(=O)O)c1ccc(Cl)cc1. The quantitative estimate of drug-likeness (QED) is 0.852. The van der Waals surface area contributed by atoms with E-state index in [1.807, 2.05) is 0 Å². The first-order chi connectivity index (χ1) is 7.80. The van der Waals surface area contributed by atoms with E-state index in [9.17, 15) is 13.2 Å². The Bertz CT molecular complexity index is 498. The highest BCUT2D eigenvalue weighted by Crippen LogP contribution is 2.16. The Balaban J connectivity index is 2.75. The summed E-state index contributed by atoms with van der Waals surface area (Å²) in [5, 5.41) is 8.98. The van der Waals surface area contributed by atoms with Crippen molar-refractivity contribution in [2.24, 2.45) is 0 Å². The summed E-state index contributed by atoms with van der Waals surface area (Å²) in [6, 6.07) is 6.13. The minimum atomic E-state index is -3.82. The largest absolute Gasteiger partial charge is 0.480 e. The monoisotopic (exact) mass is 277 g/mol. The zero-order valence-corrected chi connectivity index (χ0v) is 10.6. The van der Waals surface area contributed by atoms with Crippen molar-refractivity contribution in [2.75, 3.05) is 5.75 Å². The van der Waals surface area contributed by atoms with Crippen LogP contribution < -0.4 is 4.72 Å². The van der Waals surface area contributed by atoms with Crippen molar-refractivity contribution in [3.05, 3.63) is 34.9 Å². The van der Waals surface area contributed by atoms with Crippen LogP contribution in [-0.2, 0) is 14.8 Å². The third-order valence-corrected chi connectivity index (χ3v) is 3.63. The van der Waals surface area contributed by atoms with E-state index in [0.29, 0.717) is 10.6 Å². The van der Waals surface area contributed by atoms with Crippen LogP contribution in [0.25, 0.3) is 0 Å². The Morgan fingerprint density at radius 2 is 1.94 bits per heavy atom. The Morgan fingerprint density at radius 3 is 2.41 bits per heavy atom. The van der Waals surface area contributed by atoms with Crippen molar-refractivity contribution in [3.63, 3.8) is 0 Å². The third kappa shape index (κ3) is 4.72. The molecule has 0 aliphatic heterocycles. The molecule has 0 heterocycles. The Hall–Kier alpha value is -1.11. The molecule has 0 bridgehead atoms. The molecule has 0 aromatic heterocycles. The Labute approximate surface area is 104 Å². The van der Waals surface area contributed by atoms with Gasteiger partial charge in [-0.25, -0.2) is 13.1 Å². The molecular formula is C10H12ClNO4S. The van der Waals surface area contributed by atoms with Crippen LogP contribution in [0.1, 0.15) is 18.5 Å². The number of carbonyl (C=O) groups is 1. The number of hydrogen-bond donors (Lipinski definition) is 2. The van der Waals surface area contributed by atoms with Crippen molar-refractivity contribution in [1.29, 1.82) is 0 Å². The highest BCUT2D eigenvalue weighted by molar-refractivity contribution is 7.90. The molecule has 0 fully saturated rings. The molecule has 94 valence electrons. The van der Waals surface area contributed by atoms with Crippen LogP contribution >= 0.6 is 11.6 Å². The van der Waals surface area contributed by atoms with Crippen molar-refractivity contribution < 1.29 is 18.3 Å². The number of sulfonamides is 1. The van der Waals surface area contributed by atoms with E-state index in [-0.39, 0.29) is 0 Å². The van der Waals surface area contributed by atoms with E-state index in [2.05, 4.69) is 4.72 Å². The van der Waals surface area contributed by atoms with Gasteiger partial charge in [0.05, 0.1) is 0 Å². The van der Waals surface area contributed by atoms with Gasteiger partial charge in [-0.05, 0) is 24.6 Å². The van der Waals surface area contributed by atoms with Crippen LogP contribution in [0.15, 0.2) is 24.3 Å². The first-order valence-corrected chi connectivity index (χ1v) is 6.80. The van der Waals surface area contributed by atoms with Gasteiger partial charge in [-0.1, -0.05) is 23.7 Å². The van der Waals surface area contributed by atoms with Crippen LogP contribution in [0.4, 0.5) is 0 Å². The normalized spacial score (nSPS) is 13.3. The summed E-state index contributed by atoms with van der Waals surface area (Å²) in [6.07, 6.45) is 0. The Kier molecular flexibility index (Phi) is 4.50. The number of hydrogen-bond acceptors (Lipinski definition) is 3. The fourth-order valence-corrected chi connectivity index (χ4v) is 2.50. The zero-order valence-electron chi connectivity index (χ0n) is 9.05. The fraction of sp³-hybridized carbons (Fsp3) is 0.300. The lowest BCUT2D eigenvalue weighted by molar-refractivity contribution is -0.134. The summed E-state index contributed by atoms with van der Waals surface area (Å²) in [6.45, 7) is 1.63. The average Bonchev–Trinajstić information content (AvgIpc) is 2.15. The van der Waals surface area contributed by atoms with Gasteiger partial charge in [0.25, 0.3) is 0 Å². The lowest BCUT2D eigenvalue weighted by Gasteiger charge is -2.13. The molecule has 0 aliphatic carbocycles. The van der Waals surface area contributed by atoms with Gasteiger partial charge in [-0.2, -0.15) is 0 Å². The van der Waals surface area contributed by atoms with Crippen LogP contribution in [0, 0.1) is 0 Å². The van der Waals surface area contributed by atoms with E-state index >= 15 is 0 Å². The number of rotatable bonds is 5. The average molecular weight is 278 g/mol. The van der Waals surface area contributed by atoms with Gasteiger partial charge in [-0.3, -0.25) is 4.79 Å². The van der Waals surface area contributed by atoms with Crippen molar-refractivity contribution in [3.8, 4) is 0 Å². The maximum atomic E-state index is 11.4. The maximum Gasteiger partial charge on any atom is 0.320 e. The molecule has 1 aromatic rings. The number of aliphatic carboxylic acids is 1. The standard InChI is InChI=1S/C10H12ClNO4S/c1-7(8-2-4-9(11)5-3-8)12-17(15,16)6-10(13)14/h2-5,7,12H,6H2,1H3,(H,13,14)/t7-/m1/s1. The molecule has 0 saturated heterocycles. The van der Waals surface area contributed by atoms with Crippen LogP contribution in [-0.4, -0.2) is 25.2 Å². The van der Waals surface area contributed by atoms with E-state index in [4.69, 9.17) is 16.7 Å². The number of halogens is 1. The molecular weight excluding hydrogens is 266 g/mol. The minimum absolute atomic E-state index is 0.503. The summed E-state index contributed by atoms with van der Waals surface area (Å²) in [5.41, 5.74) is 0.711. The summed E-state index contributed by atoms with van der Waals surface area (Å²) in [7, 11) is -3.82. The van der Waals surface area contributed by atoms with E-state index < -0.39 is 27.8 Å².